The number of nitrogens with zero attached hydrogens (tertiary/aromatic N) is 2. The second-order valence-electron chi connectivity index (χ2n) is 3.68. The lowest BCUT2D eigenvalue weighted by Crippen LogP contribution is -2.42. The van der Waals surface area contributed by atoms with Crippen LogP contribution in [-0.2, 0) is 16.1 Å². The van der Waals surface area contributed by atoms with Crippen LogP contribution in [0.2, 0.25) is 0 Å². The molecule has 4 nitrogen and oxygen atoms in total. The van der Waals surface area contributed by atoms with Crippen LogP contribution in [0.4, 0.5) is 0 Å². The molecule has 2 amide bonds. The number of hydrogen-bond acceptors (Lipinski definition) is 4. The van der Waals surface area contributed by atoms with Gasteiger partial charge in [0.15, 0.2) is 0 Å². The Hall–Kier alpha value is -1.80. The van der Waals surface area contributed by atoms with Crippen LogP contribution in [0.3, 0.4) is 0 Å². The molecule has 17 heavy (non-hydrogen) atoms. The van der Waals surface area contributed by atoms with E-state index < -0.39 is 0 Å². The van der Waals surface area contributed by atoms with Gasteiger partial charge < -0.3 is 0 Å². The molecule has 1 aromatic carbocycles. The second kappa shape index (κ2) is 5.02. The second-order valence-corrected chi connectivity index (χ2v) is 4.66. The summed E-state index contributed by atoms with van der Waals surface area (Å²) in [6.45, 7) is 0.258. The first kappa shape index (κ1) is 11.7. The van der Waals surface area contributed by atoms with Crippen molar-refractivity contribution in [1.29, 1.82) is 5.26 Å². The molecule has 86 valence electrons. The summed E-state index contributed by atoms with van der Waals surface area (Å²) < 4.78 is 0. The highest BCUT2D eigenvalue weighted by Gasteiger charge is 2.26. The molecule has 1 heterocycles. The Morgan fingerprint density at radius 1 is 1.29 bits per heavy atom. The number of hydrogen-bond donors (Lipinski definition) is 0. The molecular formula is C12H10N2O2S. The lowest BCUT2D eigenvalue weighted by atomic mass is 10.1. The van der Waals surface area contributed by atoms with Crippen LogP contribution in [0.5, 0.6) is 0 Å². The molecule has 0 aliphatic carbocycles. The third-order valence-corrected chi connectivity index (χ3v) is 3.35. The number of nitriles is 1. The number of rotatable bonds is 2. The first-order chi connectivity index (χ1) is 8.20. The lowest BCUT2D eigenvalue weighted by molar-refractivity contribution is -0.142. The topological polar surface area (TPSA) is 61.2 Å². The lowest BCUT2D eigenvalue weighted by Gasteiger charge is -2.24. The molecular weight excluding hydrogens is 236 g/mol. The average Bonchev–Trinajstić information content (AvgIpc) is 2.34. The Morgan fingerprint density at radius 2 is 2.00 bits per heavy atom. The first-order valence-electron chi connectivity index (χ1n) is 5.10. The normalized spacial score (nSPS) is 15.8. The minimum Gasteiger partial charge on any atom is -0.277 e. The number of amides is 2. The van der Waals surface area contributed by atoms with Crippen molar-refractivity contribution in [3.8, 4) is 6.07 Å². The SMILES string of the molecule is N#Cc1cccc(CN2C(=O)CSCC2=O)c1. The molecule has 1 aromatic rings. The van der Waals surface area contributed by atoms with Gasteiger partial charge in [-0.2, -0.15) is 5.26 Å². The molecule has 0 aromatic heterocycles. The average molecular weight is 246 g/mol. The van der Waals surface area contributed by atoms with Gasteiger partial charge in [0.1, 0.15) is 0 Å². The van der Waals surface area contributed by atoms with Gasteiger partial charge in [0.05, 0.1) is 29.7 Å². The standard InChI is InChI=1S/C12H10N2O2S/c13-5-9-2-1-3-10(4-9)6-14-11(15)7-17-8-12(14)16/h1-4H,6-8H2. The summed E-state index contributed by atoms with van der Waals surface area (Å²) in [6.07, 6.45) is 0. The van der Waals surface area contributed by atoms with E-state index in [1.165, 1.54) is 16.7 Å². The van der Waals surface area contributed by atoms with Gasteiger partial charge in [-0.15, -0.1) is 11.8 Å². The highest BCUT2D eigenvalue weighted by atomic mass is 32.2. The van der Waals surface area contributed by atoms with E-state index in [2.05, 4.69) is 0 Å². The summed E-state index contributed by atoms with van der Waals surface area (Å²) in [6, 6.07) is 8.99. The minimum atomic E-state index is -0.159. The molecule has 5 heteroatoms. The fraction of sp³-hybridized carbons (Fsp3) is 0.250. The van der Waals surface area contributed by atoms with Gasteiger partial charge in [-0.05, 0) is 17.7 Å². The fourth-order valence-corrected chi connectivity index (χ4v) is 2.38. The molecule has 0 spiro atoms. The van der Waals surface area contributed by atoms with E-state index in [0.717, 1.165) is 5.56 Å². The maximum absolute atomic E-state index is 11.6. The van der Waals surface area contributed by atoms with E-state index in [9.17, 15) is 9.59 Å². The van der Waals surface area contributed by atoms with Crippen LogP contribution in [0.25, 0.3) is 0 Å². The summed E-state index contributed by atoms with van der Waals surface area (Å²) in [7, 11) is 0. The molecule has 0 unspecified atom stereocenters. The zero-order valence-corrected chi connectivity index (χ0v) is 9.87. The Morgan fingerprint density at radius 3 is 2.65 bits per heavy atom. The van der Waals surface area contributed by atoms with Gasteiger partial charge in [-0.3, -0.25) is 14.5 Å². The van der Waals surface area contributed by atoms with Crippen molar-refractivity contribution in [1.82, 2.24) is 4.90 Å². The van der Waals surface area contributed by atoms with E-state index in [-0.39, 0.29) is 18.4 Å². The Labute approximate surface area is 103 Å². The molecule has 0 radical (unpaired) electrons. The van der Waals surface area contributed by atoms with Crippen molar-refractivity contribution in [3.05, 3.63) is 35.4 Å². The summed E-state index contributed by atoms with van der Waals surface area (Å²) in [5.74, 6) is 0.384. The van der Waals surface area contributed by atoms with Crippen LogP contribution in [0.1, 0.15) is 11.1 Å². The minimum absolute atomic E-state index is 0.159. The van der Waals surface area contributed by atoms with Gasteiger partial charge in [0.2, 0.25) is 11.8 Å². The van der Waals surface area contributed by atoms with E-state index in [1.54, 1.807) is 18.2 Å². The molecule has 1 aliphatic heterocycles. The largest absolute Gasteiger partial charge is 0.277 e. The van der Waals surface area contributed by atoms with Crippen molar-refractivity contribution >= 4 is 23.6 Å². The predicted molar refractivity (Wildman–Crippen MR) is 64.0 cm³/mol. The highest BCUT2D eigenvalue weighted by Crippen LogP contribution is 2.16. The van der Waals surface area contributed by atoms with E-state index in [0.29, 0.717) is 17.1 Å². The molecule has 1 fully saturated rings. The molecule has 0 saturated carbocycles. The molecule has 0 bridgehead atoms. The third-order valence-electron chi connectivity index (χ3n) is 2.45. The van der Waals surface area contributed by atoms with Crippen LogP contribution in [0, 0.1) is 11.3 Å². The third kappa shape index (κ3) is 2.66. The van der Waals surface area contributed by atoms with Gasteiger partial charge in [-0.1, -0.05) is 12.1 Å². The van der Waals surface area contributed by atoms with Gasteiger partial charge in [0.25, 0.3) is 0 Å². The first-order valence-corrected chi connectivity index (χ1v) is 6.26. The van der Waals surface area contributed by atoms with Crippen molar-refractivity contribution in [2.45, 2.75) is 6.54 Å². The summed E-state index contributed by atoms with van der Waals surface area (Å²) in [5, 5.41) is 8.77. The molecule has 0 N–H and O–H groups in total. The quantitative estimate of drug-likeness (QED) is 0.735. The summed E-state index contributed by atoms with van der Waals surface area (Å²) in [4.78, 5) is 24.4. The van der Waals surface area contributed by atoms with Crippen LogP contribution in [0.15, 0.2) is 24.3 Å². The summed E-state index contributed by atoms with van der Waals surface area (Å²) in [5.41, 5.74) is 1.34. The fourth-order valence-electron chi connectivity index (χ4n) is 1.62. The van der Waals surface area contributed by atoms with Gasteiger partial charge >= 0.3 is 0 Å². The van der Waals surface area contributed by atoms with Gasteiger partial charge in [0, 0.05) is 0 Å². The zero-order chi connectivity index (χ0) is 12.3. The Bertz CT molecular complexity index is 491. The maximum atomic E-state index is 11.6. The van der Waals surface area contributed by atoms with Crippen molar-refractivity contribution in [2.75, 3.05) is 11.5 Å². The highest BCUT2D eigenvalue weighted by molar-refractivity contribution is 8.00. The number of imide groups is 1. The predicted octanol–water partition coefficient (Wildman–Crippen LogP) is 1.16. The number of benzene rings is 1. The Kier molecular flexibility index (Phi) is 3.45. The van der Waals surface area contributed by atoms with Crippen LogP contribution >= 0.6 is 11.8 Å². The van der Waals surface area contributed by atoms with E-state index >= 15 is 0 Å². The van der Waals surface area contributed by atoms with Crippen molar-refractivity contribution in [3.63, 3.8) is 0 Å². The van der Waals surface area contributed by atoms with Crippen LogP contribution in [-0.4, -0.2) is 28.2 Å². The van der Waals surface area contributed by atoms with Crippen molar-refractivity contribution < 1.29 is 9.59 Å². The van der Waals surface area contributed by atoms with Crippen molar-refractivity contribution in [2.24, 2.45) is 0 Å². The monoisotopic (exact) mass is 246 g/mol. The van der Waals surface area contributed by atoms with Gasteiger partial charge in [-0.25, -0.2) is 0 Å². The molecule has 2 rings (SSSR count). The Balaban J connectivity index is 2.16. The van der Waals surface area contributed by atoms with Crippen LogP contribution < -0.4 is 0 Å². The van der Waals surface area contributed by atoms with E-state index in [4.69, 9.17) is 5.26 Å². The number of carbonyl (C=O) groups excluding carboxylic acids is 2. The number of thioether (sulfide) groups is 1. The zero-order valence-electron chi connectivity index (χ0n) is 9.05. The summed E-state index contributed by atoms with van der Waals surface area (Å²) >= 11 is 1.34. The number of carbonyl (C=O) groups is 2. The molecule has 0 atom stereocenters. The molecule has 1 aliphatic rings. The smallest absolute Gasteiger partial charge is 0.239 e. The molecule has 1 saturated heterocycles. The maximum Gasteiger partial charge on any atom is 0.239 e. The van der Waals surface area contributed by atoms with E-state index in [1.807, 2.05) is 12.1 Å².